The lowest BCUT2D eigenvalue weighted by atomic mass is 10.1. The Morgan fingerprint density at radius 3 is 2.73 bits per heavy atom. The molecule has 1 rings (SSSR count). The van der Waals surface area contributed by atoms with Crippen LogP contribution in [0.2, 0.25) is 5.04 Å². The van der Waals surface area contributed by atoms with Gasteiger partial charge < -0.3 is 9.16 Å². The van der Waals surface area contributed by atoms with E-state index in [9.17, 15) is 0 Å². The topological polar surface area (TPSA) is 18.5 Å². The molecule has 0 amide bonds. The van der Waals surface area contributed by atoms with Gasteiger partial charge in [0.05, 0.1) is 6.61 Å². The van der Waals surface area contributed by atoms with Gasteiger partial charge in [-0.2, -0.15) is 0 Å². The molecule has 3 heteroatoms. The Bertz CT molecular complexity index is 228. The van der Waals surface area contributed by atoms with E-state index in [1.807, 2.05) is 0 Å². The van der Waals surface area contributed by atoms with Crippen LogP contribution >= 0.6 is 0 Å². The van der Waals surface area contributed by atoms with Crippen LogP contribution in [-0.2, 0) is 9.16 Å². The molecule has 0 fully saturated rings. The van der Waals surface area contributed by atoms with Gasteiger partial charge in [0.15, 0.2) is 0 Å². The van der Waals surface area contributed by atoms with Crippen molar-refractivity contribution in [2.45, 2.75) is 58.4 Å². The van der Waals surface area contributed by atoms with Crippen molar-refractivity contribution < 1.29 is 9.16 Å². The molecule has 88 valence electrons. The zero-order valence-corrected chi connectivity index (χ0v) is 12.0. The summed E-state index contributed by atoms with van der Waals surface area (Å²) >= 11 is 0. The molecular weight excluding hydrogens is 204 g/mol. The first-order valence-electron chi connectivity index (χ1n) is 6.00. The fraction of sp³-hybridized carbons (Fsp3) is 0.833. The molecule has 0 saturated carbocycles. The van der Waals surface area contributed by atoms with Crippen LogP contribution in [0.5, 0.6) is 0 Å². The molecule has 0 aromatic carbocycles. The maximum atomic E-state index is 5.87. The number of hydrogen-bond acceptors (Lipinski definition) is 2. The average molecular weight is 228 g/mol. The van der Waals surface area contributed by atoms with Crippen molar-refractivity contribution in [3.05, 3.63) is 11.5 Å². The maximum Gasteiger partial charge on any atom is 0.264 e. The van der Waals surface area contributed by atoms with E-state index >= 15 is 0 Å². The largest absolute Gasteiger partial charge is 0.524 e. The summed E-state index contributed by atoms with van der Waals surface area (Å²) in [5.74, 6) is 0.880. The third kappa shape index (κ3) is 4.73. The molecule has 1 aliphatic rings. The lowest BCUT2D eigenvalue weighted by Crippen LogP contribution is -2.13. The van der Waals surface area contributed by atoms with Crippen LogP contribution in [0.4, 0.5) is 0 Å². The fourth-order valence-corrected chi connectivity index (χ4v) is 2.37. The Labute approximate surface area is 96.0 Å². The second-order valence-electron chi connectivity index (χ2n) is 5.44. The Balaban J connectivity index is 2.43. The van der Waals surface area contributed by atoms with Gasteiger partial charge in [-0.05, 0) is 17.9 Å². The van der Waals surface area contributed by atoms with Gasteiger partial charge in [-0.25, -0.2) is 0 Å². The van der Waals surface area contributed by atoms with E-state index in [0.717, 1.165) is 25.4 Å². The van der Waals surface area contributed by atoms with E-state index < -0.39 is 9.76 Å². The first-order valence-corrected chi connectivity index (χ1v) is 7.29. The van der Waals surface area contributed by atoms with Gasteiger partial charge in [-0.3, -0.25) is 0 Å². The highest BCUT2D eigenvalue weighted by Gasteiger charge is 2.20. The number of rotatable bonds is 5. The predicted octanol–water partition coefficient (Wildman–Crippen LogP) is 3.13. The van der Waals surface area contributed by atoms with Gasteiger partial charge in [0, 0.05) is 12.0 Å². The van der Waals surface area contributed by atoms with Crippen molar-refractivity contribution >= 4 is 9.76 Å². The van der Waals surface area contributed by atoms with Crippen LogP contribution in [0.1, 0.15) is 53.4 Å². The zero-order chi connectivity index (χ0) is 11.3. The Hall–Kier alpha value is -0.443. The van der Waals surface area contributed by atoms with Gasteiger partial charge in [0.25, 0.3) is 5.95 Å². The van der Waals surface area contributed by atoms with Gasteiger partial charge in [0.2, 0.25) is 9.76 Å². The highest BCUT2D eigenvalue weighted by Crippen LogP contribution is 2.28. The van der Waals surface area contributed by atoms with Crippen LogP contribution in [0.15, 0.2) is 11.5 Å². The van der Waals surface area contributed by atoms with Crippen molar-refractivity contribution in [2.24, 2.45) is 0 Å². The molecule has 0 saturated heterocycles. The first-order chi connectivity index (χ1) is 7.03. The highest BCUT2D eigenvalue weighted by molar-refractivity contribution is 6.32. The highest BCUT2D eigenvalue weighted by atomic mass is 28.2. The summed E-state index contributed by atoms with van der Waals surface area (Å²) in [6.07, 6.45) is 4.73. The van der Waals surface area contributed by atoms with Crippen molar-refractivity contribution in [2.75, 3.05) is 6.61 Å². The molecule has 15 heavy (non-hydrogen) atoms. The molecule has 0 aliphatic carbocycles. The van der Waals surface area contributed by atoms with E-state index in [-0.39, 0.29) is 0 Å². The molecule has 1 aliphatic heterocycles. The molecule has 0 atom stereocenters. The second kappa shape index (κ2) is 5.59. The number of hydrogen-bond donors (Lipinski definition) is 0. The lowest BCUT2D eigenvalue weighted by Gasteiger charge is -2.18. The standard InChI is InChI=1S/C12H24O2Si/c1-5-6-7-10-8-9-13-11(10)14-15-12(2,3)4/h5-9,15H2,1-4H3. The smallest absolute Gasteiger partial charge is 0.264 e. The molecular formula is C12H24O2Si. The third-order valence-corrected chi connectivity index (χ3v) is 3.67. The van der Waals surface area contributed by atoms with Crippen molar-refractivity contribution in [1.82, 2.24) is 0 Å². The Morgan fingerprint density at radius 1 is 1.40 bits per heavy atom. The molecule has 2 nitrogen and oxygen atoms in total. The molecule has 0 aromatic heterocycles. The number of ether oxygens (including phenoxy) is 1. The zero-order valence-electron chi connectivity index (χ0n) is 10.6. The molecule has 1 heterocycles. The van der Waals surface area contributed by atoms with Crippen LogP contribution in [0, 0.1) is 0 Å². The molecule has 0 unspecified atom stereocenters. The van der Waals surface area contributed by atoms with Gasteiger partial charge in [0.1, 0.15) is 0 Å². The minimum Gasteiger partial charge on any atom is -0.524 e. The predicted molar refractivity (Wildman–Crippen MR) is 66.5 cm³/mol. The molecule has 0 spiro atoms. The average Bonchev–Trinajstić information content (AvgIpc) is 2.57. The van der Waals surface area contributed by atoms with E-state index in [1.54, 1.807) is 0 Å². The fourth-order valence-electron chi connectivity index (χ4n) is 1.51. The third-order valence-electron chi connectivity index (χ3n) is 2.39. The first kappa shape index (κ1) is 12.6. The van der Waals surface area contributed by atoms with Crippen molar-refractivity contribution in [1.29, 1.82) is 0 Å². The van der Waals surface area contributed by atoms with Crippen LogP contribution < -0.4 is 0 Å². The summed E-state index contributed by atoms with van der Waals surface area (Å²) in [7, 11) is -0.518. The quantitative estimate of drug-likeness (QED) is 0.673. The van der Waals surface area contributed by atoms with E-state index in [2.05, 4.69) is 27.7 Å². The molecule has 0 N–H and O–H groups in total. The van der Waals surface area contributed by atoms with Gasteiger partial charge >= 0.3 is 0 Å². The summed E-state index contributed by atoms with van der Waals surface area (Å²) in [6, 6.07) is 0. The maximum absolute atomic E-state index is 5.87. The normalized spacial score (nSPS) is 17.6. The number of unbranched alkanes of at least 4 members (excludes halogenated alkanes) is 1. The van der Waals surface area contributed by atoms with E-state index in [4.69, 9.17) is 9.16 Å². The Kier molecular flexibility index (Phi) is 4.70. The Morgan fingerprint density at radius 2 is 2.13 bits per heavy atom. The van der Waals surface area contributed by atoms with Crippen LogP contribution in [0.25, 0.3) is 0 Å². The molecule has 0 radical (unpaired) electrons. The van der Waals surface area contributed by atoms with Gasteiger partial charge in [-0.15, -0.1) is 0 Å². The van der Waals surface area contributed by atoms with E-state index in [1.165, 1.54) is 18.4 Å². The summed E-state index contributed by atoms with van der Waals surface area (Å²) in [5, 5.41) is 0.342. The van der Waals surface area contributed by atoms with Crippen LogP contribution in [-0.4, -0.2) is 16.4 Å². The monoisotopic (exact) mass is 228 g/mol. The minimum absolute atomic E-state index is 0.342. The summed E-state index contributed by atoms with van der Waals surface area (Å²) in [5.41, 5.74) is 1.41. The lowest BCUT2D eigenvalue weighted by molar-refractivity contribution is 0.131. The SMILES string of the molecule is CCCCC1=C(O[SiH2]C(C)(C)C)OCC1. The summed E-state index contributed by atoms with van der Waals surface area (Å²) in [6.45, 7) is 9.76. The second-order valence-corrected chi connectivity index (χ2v) is 8.14. The van der Waals surface area contributed by atoms with E-state index in [0.29, 0.717) is 5.04 Å². The summed E-state index contributed by atoms with van der Waals surface area (Å²) in [4.78, 5) is 0. The van der Waals surface area contributed by atoms with Gasteiger partial charge in [-0.1, -0.05) is 34.1 Å². The van der Waals surface area contributed by atoms with Crippen molar-refractivity contribution in [3.63, 3.8) is 0 Å². The minimum atomic E-state index is -0.518. The molecule has 0 bridgehead atoms. The summed E-state index contributed by atoms with van der Waals surface area (Å²) < 4.78 is 11.4. The van der Waals surface area contributed by atoms with Crippen molar-refractivity contribution in [3.8, 4) is 0 Å². The van der Waals surface area contributed by atoms with Crippen LogP contribution in [0.3, 0.4) is 0 Å². The molecule has 0 aromatic rings.